The molecule has 0 aromatic rings. The van der Waals surface area contributed by atoms with Crippen molar-refractivity contribution in [2.24, 2.45) is 23.7 Å². The lowest BCUT2D eigenvalue weighted by Gasteiger charge is -2.45. The highest BCUT2D eigenvalue weighted by molar-refractivity contribution is 8.05. The summed E-state index contributed by atoms with van der Waals surface area (Å²) in [7, 11) is -1.28. The molecule has 0 radical (unpaired) electrons. The number of hydrogen-bond donors (Lipinski definition) is 0. The van der Waals surface area contributed by atoms with Gasteiger partial charge in [0, 0.05) is 10.5 Å². The number of allylic oxidation sites excluding steroid dienone is 4. The van der Waals surface area contributed by atoms with Gasteiger partial charge in [-0.05, 0) is 58.4 Å². The molecule has 2 heterocycles. The van der Waals surface area contributed by atoms with Crippen molar-refractivity contribution in [1.82, 2.24) is 0 Å². The molecule has 25 heavy (non-hydrogen) atoms. The van der Waals surface area contributed by atoms with Gasteiger partial charge in [-0.1, -0.05) is 63.8 Å². The molecule has 0 N–H and O–H groups in total. The van der Waals surface area contributed by atoms with E-state index in [1.807, 2.05) is 0 Å². The molecular weight excluding hydrogens is 356 g/mol. The van der Waals surface area contributed by atoms with Crippen molar-refractivity contribution in [3.8, 4) is 0 Å². The van der Waals surface area contributed by atoms with Gasteiger partial charge >= 0.3 is 0 Å². The van der Waals surface area contributed by atoms with Gasteiger partial charge in [-0.2, -0.15) is 0 Å². The van der Waals surface area contributed by atoms with Gasteiger partial charge in [0.15, 0.2) is 0 Å². The highest BCUT2D eigenvalue weighted by Gasteiger charge is 2.61. The van der Waals surface area contributed by atoms with Crippen LogP contribution in [0.25, 0.3) is 0 Å². The Balaban J connectivity index is 1.47. The quantitative estimate of drug-likeness (QED) is 0.453. The Bertz CT molecular complexity index is 590. The molecule has 0 amide bonds. The molecule has 0 saturated heterocycles. The summed E-state index contributed by atoms with van der Waals surface area (Å²) in [6, 6.07) is 0. The second kappa shape index (κ2) is 6.20. The Labute approximate surface area is 164 Å². The molecule has 0 nitrogen and oxygen atoms in total. The van der Waals surface area contributed by atoms with Gasteiger partial charge in [-0.25, -0.2) is 0 Å². The second-order valence-electron chi connectivity index (χ2n) is 10.1. The number of hydrogen-bond acceptors (Lipinski definition) is 2. The molecule has 5 rings (SSSR count). The van der Waals surface area contributed by atoms with Crippen LogP contribution >= 0.6 is 23.5 Å². The van der Waals surface area contributed by atoms with Crippen molar-refractivity contribution in [3.05, 3.63) is 22.0 Å². The number of rotatable bonds is 2. The maximum atomic E-state index is 2.82. The molecule has 5 aliphatic rings. The number of thioether (sulfide) groups is 2. The zero-order valence-corrected chi connectivity index (χ0v) is 19.0. The summed E-state index contributed by atoms with van der Waals surface area (Å²) in [5, 5.41) is 1.83. The lowest BCUT2D eigenvalue weighted by molar-refractivity contribution is 0.274. The smallest absolute Gasteiger partial charge is 0.0563 e. The maximum Gasteiger partial charge on any atom is 0.0563 e. The van der Waals surface area contributed by atoms with Gasteiger partial charge in [-0.3, -0.25) is 0 Å². The van der Waals surface area contributed by atoms with E-state index in [1.165, 1.54) is 12.8 Å². The van der Waals surface area contributed by atoms with Crippen molar-refractivity contribution in [3.63, 3.8) is 0 Å². The largest absolute Gasteiger partial charge is 0.127 e. The van der Waals surface area contributed by atoms with Crippen LogP contribution in [0.2, 0.25) is 24.2 Å². The Morgan fingerprint density at radius 1 is 0.840 bits per heavy atom. The minimum absolute atomic E-state index is 0.847. The van der Waals surface area contributed by atoms with E-state index in [0.29, 0.717) is 0 Å². The van der Waals surface area contributed by atoms with Gasteiger partial charge in [0.25, 0.3) is 0 Å². The van der Waals surface area contributed by atoms with E-state index in [2.05, 4.69) is 62.6 Å². The number of fused-ring (bicyclic) bond motifs is 4. The predicted octanol–water partition coefficient (Wildman–Crippen LogP) is 7.32. The van der Waals surface area contributed by atoms with E-state index in [0.717, 1.165) is 45.3 Å². The van der Waals surface area contributed by atoms with Crippen LogP contribution in [-0.2, 0) is 0 Å². The first-order valence-electron chi connectivity index (χ1n) is 10.7. The van der Waals surface area contributed by atoms with E-state index in [1.54, 1.807) is 35.5 Å². The summed E-state index contributed by atoms with van der Waals surface area (Å²) in [4.78, 5) is 3.24. The SMILES string of the molecule is CC1=CC2C(S1)C([Si](C)(C)C1CCC3CCCCC31)C1SC(C)=C[C@@H]21. The van der Waals surface area contributed by atoms with Crippen molar-refractivity contribution >= 4 is 31.6 Å². The van der Waals surface area contributed by atoms with Gasteiger partial charge in [-0.15, -0.1) is 23.5 Å². The molecule has 8 atom stereocenters. The average molecular weight is 391 g/mol. The minimum Gasteiger partial charge on any atom is -0.127 e. The molecule has 0 bridgehead atoms. The minimum atomic E-state index is -1.28. The molecule has 0 aromatic carbocycles. The normalized spacial score (nSPS) is 48.8. The summed E-state index contributed by atoms with van der Waals surface area (Å²) in [5.41, 5.74) is 2.13. The first-order valence-corrected chi connectivity index (χ1v) is 15.6. The summed E-state index contributed by atoms with van der Waals surface area (Å²) in [6.07, 6.45) is 14.6. The Morgan fingerprint density at radius 2 is 1.44 bits per heavy atom. The fourth-order valence-electron chi connectivity index (χ4n) is 7.62. The lowest BCUT2D eigenvalue weighted by atomic mass is 9.82. The first kappa shape index (κ1) is 17.5. The van der Waals surface area contributed by atoms with Gasteiger partial charge in [0.1, 0.15) is 0 Å². The third-order valence-electron chi connectivity index (χ3n) is 8.56. The zero-order valence-electron chi connectivity index (χ0n) is 16.3. The van der Waals surface area contributed by atoms with E-state index < -0.39 is 8.07 Å². The standard InChI is InChI=1S/C22H34S2Si/c1-13-11-17-18-12-14(2)24-21(18)22(20(17)23-13)25(3,4)19-10-9-15-7-5-6-8-16(15)19/h11-12,15-22H,5-10H2,1-4H3/t15?,16?,17-,18?,19?,20?,21?,22?/m0/s1. The third kappa shape index (κ3) is 2.62. The van der Waals surface area contributed by atoms with Crippen LogP contribution in [0.15, 0.2) is 22.0 Å². The monoisotopic (exact) mass is 390 g/mol. The molecule has 0 spiro atoms. The average Bonchev–Trinajstić information content (AvgIpc) is 3.27. The lowest BCUT2D eigenvalue weighted by Crippen LogP contribution is -2.46. The van der Waals surface area contributed by atoms with E-state index in [9.17, 15) is 0 Å². The van der Waals surface area contributed by atoms with Crippen LogP contribution in [0.4, 0.5) is 0 Å². The van der Waals surface area contributed by atoms with Crippen LogP contribution in [0.5, 0.6) is 0 Å². The van der Waals surface area contributed by atoms with Gasteiger partial charge < -0.3 is 0 Å². The van der Waals surface area contributed by atoms with Crippen molar-refractivity contribution < 1.29 is 0 Å². The second-order valence-corrected chi connectivity index (χ2v) is 18.0. The van der Waals surface area contributed by atoms with Crippen molar-refractivity contribution in [2.45, 2.75) is 87.0 Å². The van der Waals surface area contributed by atoms with Gasteiger partial charge in [0.2, 0.25) is 0 Å². The van der Waals surface area contributed by atoms with Crippen molar-refractivity contribution in [1.29, 1.82) is 0 Å². The van der Waals surface area contributed by atoms with E-state index in [-0.39, 0.29) is 0 Å². The first-order chi connectivity index (χ1) is 12.0. The van der Waals surface area contributed by atoms with E-state index in [4.69, 9.17) is 0 Å². The van der Waals surface area contributed by atoms with Crippen LogP contribution in [0.3, 0.4) is 0 Å². The molecule has 3 fully saturated rings. The summed E-state index contributed by atoms with van der Waals surface area (Å²) >= 11 is 4.54. The van der Waals surface area contributed by atoms with Crippen LogP contribution in [0.1, 0.15) is 52.4 Å². The van der Waals surface area contributed by atoms with Gasteiger partial charge in [0.05, 0.1) is 8.07 Å². The Kier molecular flexibility index (Phi) is 4.34. The molecule has 3 heteroatoms. The fraction of sp³-hybridized carbons (Fsp3) is 0.818. The predicted molar refractivity (Wildman–Crippen MR) is 117 cm³/mol. The van der Waals surface area contributed by atoms with Crippen LogP contribution < -0.4 is 0 Å². The van der Waals surface area contributed by atoms with Crippen LogP contribution in [0, 0.1) is 23.7 Å². The molecule has 0 aromatic heterocycles. The summed E-state index contributed by atoms with van der Waals surface area (Å²) in [5.74, 6) is 3.90. The molecule has 7 unspecified atom stereocenters. The Hall–Kier alpha value is 0.397. The molecule has 2 aliphatic heterocycles. The fourth-order valence-corrected chi connectivity index (χ4v) is 18.1. The zero-order chi connectivity index (χ0) is 17.3. The molecule has 3 aliphatic carbocycles. The van der Waals surface area contributed by atoms with Crippen molar-refractivity contribution in [2.75, 3.05) is 0 Å². The molecule has 3 saturated carbocycles. The maximum absolute atomic E-state index is 2.82. The highest BCUT2D eigenvalue weighted by atomic mass is 32.2. The van der Waals surface area contributed by atoms with E-state index >= 15 is 0 Å². The summed E-state index contributed by atoms with van der Waals surface area (Å²) < 4.78 is 0. The Morgan fingerprint density at radius 3 is 2.08 bits per heavy atom. The summed E-state index contributed by atoms with van der Waals surface area (Å²) in [6.45, 7) is 10.4. The third-order valence-corrected chi connectivity index (χ3v) is 16.9. The molecular formula is C22H34S2Si. The topological polar surface area (TPSA) is 0 Å². The molecule has 138 valence electrons. The highest BCUT2D eigenvalue weighted by Crippen LogP contribution is 2.67. The van der Waals surface area contributed by atoms with Crippen LogP contribution in [-0.4, -0.2) is 18.6 Å².